The third kappa shape index (κ3) is 4.98. The van der Waals surface area contributed by atoms with Gasteiger partial charge in [-0.25, -0.2) is 13.8 Å². The van der Waals surface area contributed by atoms with Crippen molar-refractivity contribution in [1.29, 1.82) is 0 Å². The average Bonchev–Trinajstić information content (AvgIpc) is 3.42. The predicted octanol–water partition coefficient (Wildman–Crippen LogP) is 3.40. The normalized spacial score (nSPS) is 17.6. The highest BCUT2D eigenvalue weighted by molar-refractivity contribution is 6.30. The Balaban J connectivity index is 1.72. The maximum atomic E-state index is 15.1. The van der Waals surface area contributed by atoms with Crippen LogP contribution in [0.15, 0.2) is 48.8 Å². The first kappa shape index (κ1) is 24.6. The minimum Gasteiger partial charge on any atom is -0.497 e. The van der Waals surface area contributed by atoms with Gasteiger partial charge in [-0.3, -0.25) is 14.5 Å². The molecule has 184 valence electrons. The van der Waals surface area contributed by atoms with Crippen LogP contribution in [0.1, 0.15) is 21.8 Å². The van der Waals surface area contributed by atoms with Gasteiger partial charge in [-0.2, -0.15) is 0 Å². The van der Waals surface area contributed by atoms with Gasteiger partial charge in [0.15, 0.2) is 0 Å². The van der Waals surface area contributed by atoms with Gasteiger partial charge in [0.25, 0.3) is 11.8 Å². The van der Waals surface area contributed by atoms with Gasteiger partial charge < -0.3 is 19.4 Å². The Morgan fingerprint density at radius 1 is 1.20 bits per heavy atom. The number of hydrogen-bond acceptors (Lipinski definition) is 5. The molecule has 0 radical (unpaired) electrons. The first-order valence-electron chi connectivity index (χ1n) is 10.7. The molecule has 2 amide bonds. The number of nitrogens with zero attached hydrogens (tertiary/aromatic N) is 3. The van der Waals surface area contributed by atoms with Crippen molar-refractivity contribution in [2.75, 3.05) is 32.3 Å². The Morgan fingerprint density at radius 2 is 1.89 bits per heavy atom. The molecule has 0 unspecified atom stereocenters. The van der Waals surface area contributed by atoms with Crippen LogP contribution in [0.5, 0.6) is 5.75 Å². The Bertz CT molecular complexity index is 1210. The summed E-state index contributed by atoms with van der Waals surface area (Å²) in [7, 11) is 2.84. The van der Waals surface area contributed by atoms with Gasteiger partial charge in [0, 0.05) is 66.8 Å². The molecular formula is C24H23ClF2N4O4. The number of rotatable bonds is 8. The molecule has 3 aromatic rings. The summed E-state index contributed by atoms with van der Waals surface area (Å²) in [6, 6.07) is 6.90. The van der Waals surface area contributed by atoms with Crippen LogP contribution in [0.3, 0.4) is 0 Å². The van der Waals surface area contributed by atoms with E-state index in [1.165, 1.54) is 42.5 Å². The number of nitrogens with one attached hydrogen (secondary N) is 1. The van der Waals surface area contributed by atoms with Gasteiger partial charge >= 0.3 is 0 Å². The lowest BCUT2D eigenvalue weighted by atomic mass is 9.92. The van der Waals surface area contributed by atoms with Crippen LogP contribution in [0.4, 0.5) is 14.7 Å². The molecule has 0 bridgehead atoms. The molecule has 1 aliphatic rings. The molecule has 1 fully saturated rings. The van der Waals surface area contributed by atoms with E-state index in [1.54, 1.807) is 17.9 Å². The summed E-state index contributed by atoms with van der Waals surface area (Å²) in [5, 5.41) is 3.09. The molecule has 2 heterocycles. The molecule has 1 saturated heterocycles. The number of hydrogen-bond donors (Lipinski definition) is 1. The molecule has 11 heteroatoms. The average molecular weight is 505 g/mol. The van der Waals surface area contributed by atoms with Crippen LogP contribution in [-0.2, 0) is 16.1 Å². The third-order valence-electron chi connectivity index (χ3n) is 5.84. The number of imidazole rings is 1. The number of methoxy groups -OCH3 is 2. The van der Waals surface area contributed by atoms with Gasteiger partial charge in [0.1, 0.15) is 23.4 Å². The lowest BCUT2D eigenvalue weighted by Crippen LogP contribution is -2.44. The summed E-state index contributed by atoms with van der Waals surface area (Å²) in [6.45, 7) is 0.676. The van der Waals surface area contributed by atoms with E-state index in [4.69, 9.17) is 21.1 Å². The fourth-order valence-corrected chi connectivity index (χ4v) is 4.23. The van der Waals surface area contributed by atoms with Crippen LogP contribution in [0.2, 0.25) is 5.02 Å². The van der Waals surface area contributed by atoms with Crippen molar-refractivity contribution in [2.45, 2.75) is 18.5 Å². The summed E-state index contributed by atoms with van der Waals surface area (Å²) in [5.74, 6) is -3.63. The summed E-state index contributed by atoms with van der Waals surface area (Å²) in [6.07, 6.45) is 3.19. The fraction of sp³-hybridized carbons (Fsp3) is 0.292. The first-order chi connectivity index (χ1) is 16.8. The molecule has 1 aliphatic heterocycles. The van der Waals surface area contributed by atoms with Crippen molar-refractivity contribution in [3.05, 3.63) is 76.6 Å². The van der Waals surface area contributed by atoms with Crippen LogP contribution in [0.25, 0.3) is 0 Å². The zero-order chi connectivity index (χ0) is 25.1. The second-order valence-corrected chi connectivity index (χ2v) is 8.37. The van der Waals surface area contributed by atoms with E-state index in [0.29, 0.717) is 18.2 Å². The summed E-state index contributed by atoms with van der Waals surface area (Å²) in [5.41, 5.74) is -0.0743. The van der Waals surface area contributed by atoms with E-state index in [1.807, 2.05) is 0 Å². The number of carbonyl (C=O) groups excluding carboxylic acids is 2. The molecule has 2 aromatic carbocycles. The number of anilines is 1. The number of aromatic nitrogens is 2. The van der Waals surface area contributed by atoms with E-state index < -0.39 is 35.4 Å². The van der Waals surface area contributed by atoms with E-state index >= 15 is 8.78 Å². The van der Waals surface area contributed by atoms with Crippen molar-refractivity contribution in [3.8, 4) is 5.75 Å². The maximum Gasteiger partial charge on any atom is 0.252 e. The zero-order valence-electron chi connectivity index (χ0n) is 19.0. The summed E-state index contributed by atoms with van der Waals surface area (Å²) in [4.78, 5) is 32.0. The van der Waals surface area contributed by atoms with E-state index in [9.17, 15) is 9.59 Å². The minimum atomic E-state index is -1.25. The molecule has 0 aliphatic carbocycles. The second kappa shape index (κ2) is 10.4. The van der Waals surface area contributed by atoms with Crippen LogP contribution >= 0.6 is 11.6 Å². The molecular weight excluding hydrogens is 482 g/mol. The first-order valence-corrected chi connectivity index (χ1v) is 11.1. The number of ether oxygens (including phenoxy) is 2. The number of halogens is 3. The highest BCUT2D eigenvalue weighted by atomic mass is 35.5. The Kier molecular flexibility index (Phi) is 7.32. The molecule has 1 N–H and O–H groups in total. The molecule has 8 nitrogen and oxygen atoms in total. The molecule has 0 saturated carbocycles. The standard InChI is InChI=1S/C24H23ClF2N4O4/c1-34-10-9-30-8-7-28-24(30)31-13-17(20-18(26)11-16(35-2)12-19(20)27)21(23(31)33)29-22(32)14-3-5-15(25)6-4-14/h3-8,11-12,17,21H,9-10,13H2,1-2H3,(H,29,32)/t17-,21-/m0/s1. The fourth-order valence-electron chi connectivity index (χ4n) is 4.10. The molecule has 1 aromatic heterocycles. The van der Waals surface area contributed by atoms with Gasteiger partial charge in [-0.1, -0.05) is 11.6 Å². The molecule has 0 spiro atoms. The highest BCUT2D eigenvalue weighted by Gasteiger charge is 2.46. The topological polar surface area (TPSA) is 85.7 Å². The van der Waals surface area contributed by atoms with Gasteiger partial charge in [-0.15, -0.1) is 0 Å². The van der Waals surface area contributed by atoms with Crippen molar-refractivity contribution >= 4 is 29.4 Å². The smallest absolute Gasteiger partial charge is 0.252 e. The van der Waals surface area contributed by atoms with Crippen molar-refractivity contribution in [2.24, 2.45) is 0 Å². The van der Waals surface area contributed by atoms with Crippen molar-refractivity contribution in [1.82, 2.24) is 14.9 Å². The van der Waals surface area contributed by atoms with Gasteiger partial charge in [-0.05, 0) is 24.3 Å². The molecule has 2 atom stereocenters. The molecule has 4 rings (SSSR count). The molecule has 35 heavy (non-hydrogen) atoms. The third-order valence-corrected chi connectivity index (χ3v) is 6.09. The Hall–Kier alpha value is -3.50. The van der Waals surface area contributed by atoms with E-state index in [0.717, 1.165) is 12.1 Å². The minimum absolute atomic E-state index is 0.00166. The van der Waals surface area contributed by atoms with Crippen LogP contribution in [0, 0.1) is 11.6 Å². The Labute approximate surface area is 205 Å². The van der Waals surface area contributed by atoms with Crippen molar-refractivity contribution in [3.63, 3.8) is 0 Å². The zero-order valence-corrected chi connectivity index (χ0v) is 19.8. The lowest BCUT2D eigenvalue weighted by molar-refractivity contribution is -0.118. The van der Waals surface area contributed by atoms with Crippen LogP contribution in [-0.4, -0.2) is 54.8 Å². The van der Waals surface area contributed by atoms with Crippen molar-refractivity contribution < 1.29 is 27.8 Å². The maximum absolute atomic E-state index is 15.1. The highest BCUT2D eigenvalue weighted by Crippen LogP contribution is 2.36. The van der Waals surface area contributed by atoms with Gasteiger partial charge in [0.2, 0.25) is 5.95 Å². The van der Waals surface area contributed by atoms with E-state index in [-0.39, 0.29) is 29.4 Å². The predicted molar refractivity (Wildman–Crippen MR) is 125 cm³/mol. The monoisotopic (exact) mass is 504 g/mol. The summed E-state index contributed by atoms with van der Waals surface area (Å²) >= 11 is 5.90. The summed E-state index contributed by atoms with van der Waals surface area (Å²) < 4.78 is 41.9. The van der Waals surface area contributed by atoms with E-state index in [2.05, 4.69) is 10.3 Å². The lowest BCUT2D eigenvalue weighted by Gasteiger charge is -2.20. The van der Waals surface area contributed by atoms with Gasteiger partial charge in [0.05, 0.1) is 13.7 Å². The number of carbonyl (C=O) groups is 2. The largest absolute Gasteiger partial charge is 0.497 e. The van der Waals surface area contributed by atoms with Crippen LogP contribution < -0.4 is 15.0 Å². The SMILES string of the molecule is COCCn1ccnc1N1C[C@@H](c2c(F)cc(OC)cc2F)[C@H](NC(=O)c2ccc(Cl)cc2)C1=O. The number of amides is 2. The Morgan fingerprint density at radius 3 is 2.51 bits per heavy atom. The second-order valence-electron chi connectivity index (χ2n) is 7.93. The quantitative estimate of drug-likeness (QED) is 0.508. The number of benzene rings is 2.